The van der Waals surface area contributed by atoms with Crippen molar-refractivity contribution in [1.29, 1.82) is 0 Å². The van der Waals surface area contributed by atoms with Crippen molar-refractivity contribution in [2.75, 3.05) is 10.6 Å². The Hall–Kier alpha value is -1.67. The van der Waals surface area contributed by atoms with Crippen LogP contribution in [0.3, 0.4) is 0 Å². The Bertz CT molecular complexity index is 889. The van der Waals surface area contributed by atoms with Crippen LogP contribution in [-0.4, -0.2) is 13.5 Å². The summed E-state index contributed by atoms with van der Waals surface area (Å²) in [6.07, 6.45) is 0. The van der Waals surface area contributed by atoms with E-state index in [9.17, 15) is 8.42 Å². The van der Waals surface area contributed by atoms with E-state index < -0.39 is 10.0 Å². The van der Waals surface area contributed by atoms with Crippen molar-refractivity contribution in [2.24, 2.45) is 5.14 Å². The number of rotatable bonds is 3. The van der Waals surface area contributed by atoms with Gasteiger partial charge in [-0.15, -0.1) is 0 Å². The summed E-state index contributed by atoms with van der Waals surface area (Å²) in [5.74, 6) is 0. The lowest BCUT2D eigenvalue weighted by atomic mass is 10.1. The third-order valence-electron chi connectivity index (χ3n) is 3.42. The lowest BCUT2D eigenvalue weighted by Crippen LogP contribution is -2.21. The molecule has 2 rings (SSSR count). The van der Waals surface area contributed by atoms with Crippen LogP contribution in [0.4, 0.5) is 11.4 Å². The predicted molar refractivity (Wildman–Crippen MR) is 103 cm³/mol. The number of hydrogen-bond donors (Lipinski definition) is 3. The fraction of sp³-hybridized carbons (Fsp3) is 0.188. The van der Waals surface area contributed by atoms with E-state index in [1.807, 2.05) is 26.0 Å². The van der Waals surface area contributed by atoms with Crippen molar-refractivity contribution in [3.63, 3.8) is 0 Å². The van der Waals surface area contributed by atoms with Gasteiger partial charge in [-0.1, -0.05) is 23.7 Å². The second kappa shape index (κ2) is 7.06. The zero-order valence-electron chi connectivity index (χ0n) is 13.5. The molecule has 2 aromatic carbocycles. The smallest absolute Gasteiger partial charge is 0.238 e. The van der Waals surface area contributed by atoms with E-state index in [4.69, 9.17) is 29.0 Å². The molecule has 2 aromatic rings. The van der Waals surface area contributed by atoms with E-state index in [0.29, 0.717) is 27.1 Å². The first-order valence-electron chi connectivity index (χ1n) is 7.06. The quantitative estimate of drug-likeness (QED) is 0.703. The molecule has 0 spiro atoms. The van der Waals surface area contributed by atoms with Crippen LogP contribution in [0.5, 0.6) is 0 Å². The van der Waals surface area contributed by atoms with Crippen molar-refractivity contribution in [1.82, 2.24) is 0 Å². The number of nitrogens with one attached hydrogen (secondary N) is 2. The molecule has 0 heterocycles. The highest BCUT2D eigenvalue weighted by Crippen LogP contribution is 2.27. The number of benzene rings is 2. The van der Waals surface area contributed by atoms with Gasteiger partial charge in [0.25, 0.3) is 0 Å². The molecule has 24 heavy (non-hydrogen) atoms. The van der Waals surface area contributed by atoms with E-state index in [0.717, 1.165) is 11.1 Å². The number of aryl methyl sites for hydroxylation is 3. The number of hydrogen-bond acceptors (Lipinski definition) is 3. The molecule has 0 radical (unpaired) electrons. The minimum Gasteiger partial charge on any atom is -0.332 e. The van der Waals surface area contributed by atoms with Gasteiger partial charge in [0.05, 0.1) is 15.6 Å². The van der Waals surface area contributed by atoms with Crippen LogP contribution in [0.25, 0.3) is 0 Å². The van der Waals surface area contributed by atoms with E-state index in [-0.39, 0.29) is 4.90 Å². The minimum absolute atomic E-state index is 0.0554. The van der Waals surface area contributed by atoms with Gasteiger partial charge < -0.3 is 10.6 Å². The molecule has 128 valence electrons. The normalized spacial score (nSPS) is 11.2. The van der Waals surface area contributed by atoms with Crippen LogP contribution >= 0.6 is 23.8 Å². The largest absolute Gasteiger partial charge is 0.332 e. The van der Waals surface area contributed by atoms with Crippen molar-refractivity contribution in [3.05, 3.63) is 52.0 Å². The molecule has 0 aliphatic rings. The van der Waals surface area contributed by atoms with Crippen molar-refractivity contribution in [3.8, 4) is 0 Å². The second-order valence-corrected chi connectivity index (χ2v) is 7.89. The van der Waals surface area contributed by atoms with E-state index in [1.165, 1.54) is 6.07 Å². The van der Waals surface area contributed by atoms with Crippen LogP contribution < -0.4 is 15.8 Å². The van der Waals surface area contributed by atoms with Gasteiger partial charge in [-0.25, -0.2) is 13.6 Å². The lowest BCUT2D eigenvalue weighted by Gasteiger charge is -2.15. The Morgan fingerprint density at radius 3 is 2.33 bits per heavy atom. The summed E-state index contributed by atoms with van der Waals surface area (Å²) in [4.78, 5) is 0.0554. The monoisotopic (exact) mass is 383 g/mol. The number of halogens is 1. The fourth-order valence-corrected chi connectivity index (χ4v) is 3.73. The molecule has 0 saturated heterocycles. The average Bonchev–Trinajstić information content (AvgIpc) is 2.43. The van der Waals surface area contributed by atoms with Gasteiger partial charge in [0.15, 0.2) is 5.11 Å². The summed E-state index contributed by atoms with van der Waals surface area (Å²) in [6, 6.07) is 8.66. The topological polar surface area (TPSA) is 84.2 Å². The van der Waals surface area contributed by atoms with Crippen molar-refractivity contribution in [2.45, 2.75) is 25.7 Å². The highest BCUT2D eigenvalue weighted by molar-refractivity contribution is 7.89. The minimum atomic E-state index is -3.79. The molecule has 8 heteroatoms. The number of sulfonamides is 1. The summed E-state index contributed by atoms with van der Waals surface area (Å²) in [7, 11) is -3.79. The maximum atomic E-state index is 11.6. The molecule has 0 aliphatic heterocycles. The Kier molecular flexibility index (Phi) is 5.49. The average molecular weight is 384 g/mol. The van der Waals surface area contributed by atoms with Crippen LogP contribution in [0.15, 0.2) is 35.2 Å². The van der Waals surface area contributed by atoms with Gasteiger partial charge in [-0.3, -0.25) is 0 Å². The third kappa shape index (κ3) is 4.45. The van der Waals surface area contributed by atoms with Gasteiger partial charge in [0.2, 0.25) is 10.0 Å². The fourth-order valence-electron chi connectivity index (χ4n) is 2.33. The maximum Gasteiger partial charge on any atom is 0.238 e. The van der Waals surface area contributed by atoms with Gasteiger partial charge >= 0.3 is 0 Å². The SMILES string of the molecule is Cc1cc(C)c(NC(=S)Nc2ccc(C)c(S(N)(=O)=O)c2)c(Cl)c1. The number of nitrogens with two attached hydrogens (primary N) is 1. The summed E-state index contributed by atoms with van der Waals surface area (Å²) in [5, 5.41) is 12.0. The van der Waals surface area contributed by atoms with E-state index >= 15 is 0 Å². The van der Waals surface area contributed by atoms with E-state index in [2.05, 4.69) is 10.6 Å². The second-order valence-electron chi connectivity index (χ2n) is 5.54. The molecule has 4 N–H and O–H groups in total. The Labute approximate surface area is 152 Å². The first-order chi connectivity index (χ1) is 11.1. The zero-order chi connectivity index (χ0) is 18.1. The van der Waals surface area contributed by atoms with Crippen molar-refractivity contribution < 1.29 is 8.42 Å². The van der Waals surface area contributed by atoms with Gasteiger partial charge in [0, 0.05) is 5.69 Å². The summed E-state index contributed by atoms with van der Waals surface area (Å²) in [6.45, 7) is 5.56. The van der Waals surface area contributed by atoms with Gasteiger partial charge in [-0.05, 0) is 67.9 Å². The Morgan fingerprint density at radius 2 is 1.75 bits per heavy atom. The summed E-state index contributed by atoms with van der Waals surface area (Å²) < 4.78 is 23.2. The molecule has 0 fully saturated rings. The van der Waals surface area contributed by atoms with Crippen LogP contribution in [0.1, 0.15) is 16.7 Å². The lowest BCUT2D eigenvalue weighted by molar-refractivity contribution is 0.597. The standard InChI is InChI=1S/C16H18ClN3O2S2/c1-9-6-11(3)15(13(17)7-9)20-16(23)19-12-5-4-10(2)14(8-12)24(18,21)22/h4-8H,1-3H3,(H2,18,21,22)(H2,19,20,23). The van der Waals surface area contributed by atoms with E-state index in [1.54, 1.807) is 19.1 Å². The zero-order valence-corrected chi connectivity index (χ0v) is 15.9. The maximum absolute atomic E-state index is 11.6. The first kappa shape index (κ1) is 18.7. The number of thiocarbonyl (C=S) groups is 1. The molecule has 5 nitrogen and oxygen atoms in total. The predicted octanol–water partition coefficient (Wildman–Crippen LogP) is 3.72. The van der Waals surface area contributed by atoms with Crippen molar-refractivity contribution >= 4 is 50.3 Å². The molecular weight excluding hydrogens is 366 g/mol. The van der Waals surface area contributed by atoms with Gasteiger partial charge in [-0.2, -0.15) is 0 Å². The molecule has 0 aromatic heterocycles. The molecule has 0 saturated carbocycles. The molecule has 0 amide bonds. The van der Waals surface area contributed by atoms with Crippen LogP contribution in [0.2, 0.25) is 5.02 Å². The third-order valence-corrected chi connectivity index (χ3v) is 4.98. The molecule has 0 atom stereocenters. The molecular formula is C16H18ClN3O2S2. The number of primary sulfonamides is 1. The highest BCUT2D eigenvalue weighted by Gasteiger charge is 2.13. The Balaban J connectivity index is 2.23. The van der Waals surface area contributed by atoms with Crippen LogP contribution in [0, 0.1) is 20.8 Å². The highest BCUT2D eigenvalue weighted by atomic mass is 35.5. The Morgan fingerprint density at radius 1 is 1.08 bits per heavy atom. The first-order valence-corrected chi connectivity index (χ1v) is 9.39. The molecule has 0 unspecified atom stereocenters. The number of anilines is 2. The molecule has 0 bridgehead atoms. The van der Waals surface area contributed by atoms with Crippen LogP contribution in [-0.2, 0) is 10.0 Å². The van der Waals surface area contributed by atoms with Gasteiger partial charge in [0.1, 0.15) is 0 Å². The molecule has 0 aliphatic carbocycles. The summed E-state index contributed by atoms with van der Waals surface area (Å²) >= 11 is 11.5. The summed E-state index contributed by atoms with van der Waals surface area (Å²) in [5.41, 5.74) is 3.80.